The average Bonchev–Trinajstić information content (AvgIpc) is 2.41. The Bertz CT molecular complexity index is 217. The van der Waals surface area contributed by atoms with Gasteiger partial charge in [-0.05, 0) is 13.5 Å². The average molecular weight is 279 g/mol. The Kier molecular flexibility index (Phi) is 10.4. The highest BCUT2D eigenvalue weighted by Gasteiger charge is 2.33. The molecule has 0 heterocycles. The first-order valence-electron chi connectivity index (χ1n) is 7.00. The Morgan fingerprint density at radius 2 is 1.37 bits per heavy atom. The van der Waals surface area contributed by atoms with E-state index in [1.54, 1.807) is 7.05 Å². The molecular formula is C13H29NO5. The lowest BCUT2D eigenvalue weighted by Gasteiger charge is -2.29. The predicted molar refractivity (Wildman–Crippen MR) is 72.7 cm³/mol. The highest BCUT2D eigenvalue weighted by Crippen LogP contribution is 2.13. The molecule has 0 aromatic carbocycles. The van der Waals surface area contributed by atoms with Crippen molar-refractivity contribution in [3.8, 4) is 0 Å². The minimum absolute atomic E-state index is 0.0948. The van der Waals surface area contributed by atoms with Gasteiger partial charge < -0.3 is 30.8 Å². The maximum absolute atomic E-state index is 9.74. The van der Waals surface area contributed by atoms with Gasteiger partial charge in [0.2, 0.25) is 0 Å². The van der Waals surface area contributed by atoms with Crippen molar-refractivity contribution in [2.24, 2.45) is 0 Å². The number of hydrogen-bond acceptors (Lipinski definition) is 6. The number of unbranched alkanes of at least 4 members (excludes halogenated alkanes) is 3. The van der Waals surface area contributed by atoms with E-state index >= 15 is 0 Å². The van der Waals surface area contributed by atoms with Gasteiger partial charge in [0.05, 0.1) is 12.2 Å². The number of hydrogen-bond donors (Lipinski definition) is 6. The summed E-state index contributed by atoms with van der Waals surface area (Å²) in [4.78, 5) is 0. The Labute approximate surface area is 115 Å². The molecule has 6 heteroatoms. The minimum atomic E-state index is -1.57. The number of likely N-dealkylation sites (N-methyl/N-ethyl adjacent to an activating group) is 1. The van der Waals surface area contributed by atoms with Gasteiger partial charge in [0, 0.05) is 6.54 Å². The monoisotopic (exact) mass is 279 g/mol. The molecular weight excluding hydrogens is 250 g/mol. The van der Waals surface area contributed by atoms with Crippen LogP contribution in [0.5, 0.6) is 0 Å². The van der Waals surface area contributed by atoms with E-state index in [4.69, 9.17) is 0 Å². The fourth-order valence-electron chi connectivity index (χ4n) is 1.94. The maximum atomic E-state index is 9.74. The van der Waals surface area contributed by atoms with Crippen LogP contribution in [0.3, 0.4) is 0 Å². The Balaban J connectivity index is 4.11. The molecule has 0 aromatic rings. The highest BCUT2D eigenvalue weighted by atomic mass is 16.4. The van der Waals surface area contributed by atoms with Crippen LogP contribution in [-0.2, 0) is 0 Å². The minimum Gasteiger partial charge on any atom is -0.390 e. The first-order valence-corrected chi connectivity index (χ1v) is 7.00. The third-order valence-corrected chi connectivity index (χ3v) is 3.25. The molecule has 0 amide bonds. The van der Waals surface area contributed by atoms with Gasteiger partial charge in [-0.25, -0.2) is 0 Å². The van der Waals surface area contributed by atoms with Crippen LogP contribution in [-0.4, -0.2) is 69.6 Å². The van der Waals surface area contributed by atoms with Gasteiger partial charge in [0.1, 0.15) is 18.3 Å². The molecule has 0 saturated heterocycles. The molecule has 0 saturated carbocycles. The second kappa shape index (κ2) is 10.5. The SMILES string of the molecule is CCCCCCC(O)C(O)C(O)C(O)C(O)CNC. The van der Waals surface area contributed by atoms with E-state index in [-0.39, 0.29) is 6.54 Å². The van der Waals surface area contributed by atoms with Crippen LogP contribution in [0.4, 0.5) is 0 Å². The van der Waals surface area contributed by atoms with E-state index in [1.165, 1.54) is 0 Å². The van der Waals surface area contributed by atoms with E-state index in [0.29, 0.717) is 6.42 Å². The van der Waals surface area contributed by atoms with Crippen LogP contribution in [0.15, 0.2) is 0 Å². The van der Waals surface area contributed by atoms with Gasteiger partial charge >= 0.3 is 0 Å². The first kappa shape index (κ1) is 18.8. The van der Waals surface area contributed by atoms with Crippen molar-refractivity contribution in [3.05, 3.63) is 0 Å². The molecule has 0 rings (SSSR count). The number of aliphatic hydroxyl groups excluding tert-OH is 5. The molecule has 0 spiro atoms. The van der Waals surface area contributed by atoms with E-state index in [1.807, 2.05) is 0 Å². The van der Waals surface area contributed by atoms with Crippen LogP contribution < -0.4 is 5.32 Å². The maximum Gasteiger partial charge on any atom is 0.111 e. The van der Waals surface area contributed by atoms with Gasteiger partial charge in [-0.3, -0.25) is 0 Å². The summed E-state index contributed by atoms with van der Waals surface area (Å²) in [6.07, 6.45) is -2.57. The molecule has 19 heavy (non-hydrogen) atoms. The summed E-state index contributed by atoms with van der Waals surface area (Å²) in [6, 6.07) is 0. The number of nitrogens with one attached hydrogen (secondary N) is 1. The molecule has 6 nitrogen and oxygen atoms in total. The summed E-state index contributed by atoms with van der Waals surface area (Å²) in [7, 11) is 1.60. The lowest BCUT2D eigenvalue weighted by atomic mass is 9.96. The summed E-state index contributed by atoms with van der Waals surface area (Å²) in [6.45, 7) is 2.17. The molecule has 0 aliphatic rings. The lowest BCUT2D eigenvalue weighted by molar-refractivity contribution is -0.133. The van der Waals surface area contributed by atoms with E-state index in [0.717, 1.165) is 25.7 Å². The summed E-state index contributed by atoms with van der Waals surface area (Å²) in [5.74, 6) is 0. The predicted octanol–water partition coefficient (Wildman–Crippen LogP) is -1.02. The van der Waals surface area contributed by atoms with Crippen LogP contribution >= 0.6 is 0 Å². The molecule has 0 fully saturated rings. The number of aliphatic hydroxyl groups is 5. The van der Waals surface area contributed by atoms with Crippen molar-refractivity contribution in [1.29, 1.82) is 0 Å². The summed E-state index contributed by atoms with van der Waals surface area (Å²) in [5.41, 5.74) is 0. The third-order valence-electron chi connectivity index (χ3n) is 3.25. The van der Waals surface area contributed by atoms with E-state index in [2.05, 4.69) is 12.2 Å². The fourth-order valence-corrected chi connectivity index (χ4v) is 1.94. The van der Waals surface area contributed by atoms with E-state index < -0.39 is 30.5 Å². The molecule has 0 radical (unpaired) electrons. The van der Waals surface area contributed by atoms with Gasteiger partial charge in [-0.1, -0.05) is 32.6 Å². The zero-order valence-electron chi connectivity index (χ0n) is 11.9. The molecule has 0 aliphatic carbocycles. The van der Waals surface area contributed by atoms with Crippen molar-refractivity contribution in [3.63, 3.8) is 0 Å². The number of rotatable bonds is 11. The molecule has 0 aromatic heterocycles. The fraction of sp³-hybridized carbons (Fsp3) is 1.00. The van der Waals surface area contributed by atoms with Crippen molar-refractivity contribution in [1.82, 2.24) is 5.32 Å². The smallest absolute Gasteiger partial charge is 0.111 e. The van der Waals surface area contributed by atoms with Crippen LogP contribution in [0.25, 0.3) is 0 Å². The standard InChI is InChI=1S/C13H29NO5/c1-3-4-5-6-7-9(15)11(17)13(19)12(18)10(16)8-14-2/h9-19H,3-8H2,1-2H3. The largest absolute Gasteiger partial charge is 0.390 e. The summed E-state index contributed by atoms with van der Waals surface area (Å²) in [5, 5.41) is 51.0. The van der Waals surface area contributed by atoms with Crippen LogP contribution in [0, 0.1) is 0 Å². The van der Waals surface area contributed by atoms with Crippen LogP contribution in [0.1, 0.15) is 39.0 Å². The zero-order chi connectivity index (χ0) is 14.8. The third kappa shape index (κ3) is 7.20. The van der Waals surface area contributed by atoms with Crippen molar-refractivity contribution in [2.45, 2.75) is 69.5 Å². The Hall–Kier alpha value is -0.240. The van der Waals surface area contributed by atoms with Crippen molar-refractivity contribution >= 4 is 0 Å². The first-order chi connectivity index (χ1) is 8.95. The van der Waals surface area contributed by atoms with Crippen molar-refractivity contribution < 1.29 is 25.5 Å². The quantitative estimate of drug-likeness (QED) is 0.270. The molecule has 0 aliphatic heterocycles. The lowest BCUT2D eigenvalue weighted by Crippen LogP contribution is -2.51. The second-order valence-electron chi connectivity index (χ2n) is 5.01. The molecule has 116 valence electrons. The van der Waals surface area contributed by atoms with E-state index in [9.17, 15) is 25.5 Å². The van der Waals surface area contributed by atoms with Gasteiger partial charge in [-0.2, -0.15) is 0 Å². The Morgan fingerprint density at radius 1 is 0.789 bits per heavy atom. The molecule has 5 unspecified atom stereocenters. The second-order valence-corrected chi connectivity index (χ2v) is 5.01. The summed E-state index contributed by atoms with van der Waals surface area (Å²) >= 11 is 0. The zero-order valence-corrected chi connectivity index (χ0v) is 11.9. The topological polar surface area (TPSA) is 113 Å². The molecule has 0 bridgehead atoms. The van der Waals surface area contributed by atoms with Gasteiger partial charge in [0.25, 0.3) is 0 Å². The van der Waals surface area contributed by atoms with Crippen molar-refractivity contribution in [2.75, 3.05) is 13.6 Å². The van der Waals surface area contributed by atoms with Gasteiger partial charge in [0.15, 0.2) is 0 Å². The summed E-state index contributed by atoms with van der Waals surface area (Å²) < 4.78 is 0. The van der Waals surface area contributed by atoms with Gasteiger partial charge in [-0.15, -0.1) is 0 Å². The van der Waals surface area contributed by atoms with Crippen LogP contribution in [0.2, 0.25) is 0 Å². The normalized spacial score (nSPS) is 19.7. The molecule has 5 atom stereocenters. The molecule has 6 N–H and O–H groups in total. The highest BCUT2D eigenvalue weighted by molar-refractivity contribution is 4.85. The Morgan fingerprint density at radius 3 is 1.89 bits per heavy atom.